The van der Waals surface area contributed by atoms with E-state index >= 15 is 0 Å². The van der Waals surface area contributed by atoms with E-state index in [1.807, 2.05) is 0 Å². The van der Waals surface area contributed by atoms with E-state index in [0.717, 1.165) is 0 Å². The van der Waals surface area contributed by atoms with E-state index in [4.69, 9.17) is 9.52 Å². The summed E-state index contributed by atoms with van der Waals surface area (Å²) in [6, 6.07) is 11.9. The fourth-order valence-electron chi connectivity index (χ4n) is 2.13. The van der Waals surface area contributed by atoms with E-state index in [9.17, 15) is 9.59 Å². The third kappa shape index (κ3) is 3.97. The highest BCUT2D eigenvalue weighted by Gasteiger charge is 2.09. The summed E-state index contributed by atoms with van der Waals surface area (Å²) in [5.74, 6) is -0.926. The number of hydrogen-bond acceptors (Lipinski definition) is 3. The van der Waals surface area contributed by atoms with Gasteiger partial charge in [-0.3, -0.25) is 9.59 Å². The number of carbonyl (C=O) groups is 1. The van der Waals surface area contributed by atoms with Crippen LogP contribution in [0.15, 0.2) is 51.7 Å². The van der Waals surface area contributed by atoms with Crippen molar-refractivity contribution in [1.82, 2.24) is 0 Å². The maximum Gasteiger partial charge on any atom is 0.307 e. The minimum atomic E-state index is -0.926. The zero-order chi connectivity index (χ0) is 16.8. The van der Waals surface area contributed by atoms with Gasteiger partial charge in [0.15, 0.2) is 0 Å². The fourth-order valence-corrected chi connectivity index (χ4v) is 2.13. The van der Waals surface area contributed by atoms with Crippen molar-refractivity contribution < 1.29 is 14.3 Å². The van der Waals surface area contributed by atoms with Crippen molar-refractivity contribution in [2.75, 3.05) is 0 Å². The van der Waals surface area contributed by atoms with Crippen LogP contribution in [0.25, 0.3) is 21.9 Å². The Bertz CT molecular complexity index is 875. The molecular formula is C19H20O4. The van der Waals surface area contributed by atoms with Crippen LogP contribution >= 0.6 is 0 Å². The molecular weight excluding hydrogens is 292 g/mol. The Morgan fingerprint density at radius 1 is 1.00 bits per heavy atom. The number of fused-ring (bicyclic) bond motifs is 2. The number of hydrogen-bond donors (Lipinski definition) is 1. The molecule has 3 rings (SSSR count). The highest BCUT2D eigenvalue weighted by Crippen LogP contribution is 2.19. The summed E-state index contributed by atoms with van der Waals surface area (Å²) < 4.78 is 5.64. The van der Waals surface area contributed by atoms with Crippen molar-refractivity contribution in [2.45, 2.75) is 33.1 Å². The smallest absolute Gasteiger partial charge is 0.307 e. The number of para-hydroxylation sites is 1. The van der Waals surface area contributed by atoms with Crippen LogP contribution < -0.4 is 5.43 Å². The van der Waals surface area contributed by atoms with Gasteiger partial charge in [0.2, 0.25) is 5.43 Å². The van der Waals surface area contributed by atoms with Crippen LogP contribution in [0.4, 0.5) is 0 Å². The monoisotopic (exact) mass is 312 g/mol. The van der Waals surface area contributed by atoms with E-state index in [0.29, 0.717) is 27.5 Å². The largest absolute Gasteiger partial charge is 0.481 e. The minimum absolute atomic E-state index is 0.109. The van der Waals surface area contributed by atoms with Gasteiger partial charge in [-0.15, -0.1) is 0 Å². The molecule has 0 aliphatic heterocycles. The van der Waals surface area contributed by atoms with Crippen LogP contribution in [0.1, 0.15) is 32.3 Å². The first kappa shape index (κ1) is 16.7. The van der Waals surface area contributed by atoms with E-state index in [-0.39, 0.29) is 11.8 Å². The Morgan fingerprint density at radius 3 is 2.30 bits per heavy atom. The number of carboxylic acids is 1. The fraction of sp³-hybridized carbons (Fsp3) is 0.263. The summed E-state index contributed by atoms with van der Waals surface area (Å²) in [6.07, 6.45) is 2.53. The molecule has 0 bridgehead atoms. The second kappa shape index (κ2) is 7.58. The Kier molecular flexibility index (Phi) is 5.52. The minimum Gasteiger partial charge on any atom is -0.481 e. The molecule has 120 valence electrons. The lowest BCUT2D eigenvalue weighted by Crippen LogP contribution is -2.04. The van der Waals surface area contributed by atoms with Gasteiger partial charge in [0, 0.05) is 0 Å². The lowest BCUT2D eigenvalue weighted by atomic mass is 10.1. The summed E-state index contributed by atoms with van der Waals surface area (Å²) in [6.45, 7) is 4.36. The lowest BCUT2D eigenvalue weighted by molar-refractivity contribution is -0.136. The maximum atomic E-state index is 12.3. The van der Waals surface area contributed by atoms with Crippen LogP contribution in [0.2, 0.25) is 0 Å². The second-order valence-electron chi connectivity index (χ2n) is 5.33. The molecule has 1 aromatic heterocycles. The molecule has 23 heavy (non-hydrogen) atoms. The van der Waals surface area contributed by atoms with Gasteiger partial charge in [-0.1, -0.05) is 44.9 Å². The van der Waals surface area contributed by atoms with Gasteiger partial charge in [-0.05, 0) is 29.8 Å². The molecule has 0 saturated carbocycles. The highest BCUT2D eigenvalue weighted by molar-refractivity contribution is 5.90. The Balaban J connectivity index is 0.000000433. The second-order valence-corrected chi connectivity index (χ2v) is 5.33. The van der Waals surface area contributed by atoms with E-state index in [1.54, 1.807) is 42.5 Å². The van der Waals surface area contributed by atoms with Crippen molar-refractivity contribution in [1.29, 1.82) is 0 Å². The molecule has 0 aliphatic rings. The van der Waals surface area contributed by atoms with E-state index < -0.39 is 5.97 Å². The summed E-state index contributed by atoms with van der Waals surface area (Å²) in [7, 11) is 0. The van der Waals surface area contributed by atoms with Crippen LogP contribution in [-0.4, -0.2) is 11.1 Å². The summed E-state index contributed by atoms with van der Waals surface area (Å²) in [5.41, 5.74) is 1.45. The SMILES string of the molecule is CCCC.O=C(O)Cc1ccc2oc3ccccc3c(=O)c2c1. The van der Waals surface area contributed by atoms with Crippen LogP contribution in [0, 0.1) is 0 Å². The molecule has 0 fully saturated rings. The number of benzene rings is 2. The molecule has 0 spiro atoms. The van der Waals surface area contributed by atoms with Crippen molar-refractivity contribution in [3.8, 4) is 0 Å². The van der Waals surface area contributed by atoms with Gasteiger partial charge in [0.1, 0.15) is 11.2 Å². The van der Waals surface area contributed by atoms with Gasteiger partial charge in [-0.2, -0.15) is 0 Å². The first-order valence-corrected chi connectivity index (χ1v) is 7.73. The molecule has 1 heterocycles. The number of unbranched alkanes of at least 4 members (excludes halogenated alkanes) is 1. The standard InChI is InChI=1S/C15H10O4.C4H10/c16-14(17)8-9-5-6-13-11(7-9)15(18)10-3-1-2-4-12(10)19-13;1-3-4-2/h1-7H,8H2,(H,16,17);3-4H2,1-2H3. The van der Waals surface area contributed by atoms with Gasteiger partial charge in [0.05, 0.1) is 17.2 Å². The summed E-state index contributed by atoms with van der Waals surface area (Å²) in [4.78, 5) is 23.0. The number of aliphatic carboxylic acids is 1. The van der Waals surface area contributed by atoms with Crippen molar-refractivity contribution in [3.05, 3.63) is 58.3 Å². The molecule has 4 nitrogen and oxygen atoms in total. The zero-order valence-electron chi connectivity index (χ0n) is 13.3. The molecule has 2 aromatic carbocycles. The van der Waals surface area contributed by atoms with E-state index in [1.165, 1.54) is 12.8 Å². The quantitative estimate of drug-likeness (QED) is 0.729. The van der Waals surface area contributed by atoms with Gasteiger partial charge < -0.3 is 9.52 Å². The molecule has 4 heteroatoms. The Hall–Kier alpha value is -2.62. The highest BCUT2D eigenvalue weighted by atomic mass is 16.4. The molecule has 0 amide bonds. The third-order valence-electron chi connectivity index (χ3n) is 3.50. The van der Waals surface area contributed by atoms with Gasteiger partial charge >= 0.3 is 5.97 Å². The van der Waals surface area contributed by atoms with Gasteiger partial charge in [0.25, 0.3) is 0 Å². The predicted molar refractivity (Wildman–Crippen MR) is 91.9 cm³/mol. The zero-order valence-corrected chi connectivity index (χ0v) is 13.3. The van der Waals surface area contributed by atoms with Crippen molar-refractivity contribution in [2.24, 2.45) is 0 Å². The average molecular weight is 312 g/mol. The first-order chi connectivity index (χ1) is 11.1. The molecule has 0 saturated heterocycles. The molecule has 3 aromatic rings. The molecule has 0 atom stereocenters. The molecule has 0 unspecified atom stereocenters. The van der Waals surface area contributed by atoms with Crippen LogP contribution in [-0.2, 0) is 11.2 Å². The van der Waals surface area contributed by atoms with Gasteiger partial charge in [-0.25, -0.2) is 0 Å². The van der Waals surface area contributed by atoms with Crippen LogP contribution in [0.5, 0.6) is 0 Å². The normalized spacial score (nSPS) is 10.3. The first-order valence-electron chi connectivity index (χ1n) is 7.73. The summed E-state index contributed by atoms with van der Waals surface area (Å²) >= 11 is 0. The number of rotatable bonds is 3. The van der Waals surface area contributed by atoms with Crippen molar-refractivity contribution in [3.63, 3.8) is 0 Å². The summed E-state index contributed by atoms with van der Waals surface area (Å²) in [5, 5.41) is 9.70. The van der Waals surface area contributed by atoms with Crippen LogP contribution in [0.3, 0.4) is 0 Å². The Labute approximate surface area is 134 Å². The maximum absolute atomic E-state index is 12.3. The average Bonchev–Trinajstić information content (AvgIpc) is 2.55. The molecule has 0 aliphatic carbocycles. The predicted octanol–water partition coefficient (Wildman–Crippen LogP) is 4.38. The Morgan fingerprint density at radius 2 is 1.65 bits per heavy atom. The topological polar surface area (TPSA) is 67.5 Å². The molecule has 1 N–H and O–H groups in total. The third-order valence-corrected chi connectivity index (χ3v) is 3.50. The van der Waals surface area contributed by atoms with E-state index in [2.05, 4.69) is 13.8 Å². The lowest BCUT2D eigenvalue weighted by Gasteiger charge is -2.03. The molecule has 0 radical (unpaired) electrons. The van der Waals surface area contributed by atoms with Crippen molar-refractivity contribution >= 4 is 27.9 Å². The number of carboxylic acid groups (broad SMARTS) is 1.